The molecule has 1 aromatic rings. The number of carbonyl (C=O) groups is 1. The molecule has 3 rings (SSSR count). The Bertz CT molecular complexity index is 490. The van der Waals surface area contributed by atoms with Crippen molar-refractivity contribution in [2.24, 2.45) is 0 Å². The largest absolute Gasteiger partial charge is 0.334 e. The smallest absolute Gasteiger partial charge is 0.240 e. The van der Waals surface area contributed by atoms with Crippen molar-refractivity contribution in [3.63, 3.8) is 0 Å². The van der Waals surface area contributed by atoms with Gasteiger partial charge in [-0.2, -0.15) is 11.3 Å². The van der Waals surface area contributed by atoms with E-state index in [1.807, 2.05) is 0 Å². The Morgan fingerprint density at radius 1 is 1.30 bits per heavy atom. The van der Waals surface area contributed by atoms with Crippen molar-refractivity contribution in [1.82, 2.24) is 14.7 Å². The predicted octanol–water partition coefficient (Wildman–Crippen LogP) is 2.66. The lowest BCUT2D eigenvalue weighted by atomic mass is 10.1. The molecule has 0 aromatic carbocycles. The van der Waals surface area contributed by atoms with Crippen molar-refractivity contribution < 1.29 is 4.79 Å². The minimum atomic E-state index is 0.00272. The summed E-state index contributed by atoms with van der Waals surface area (Å²) in [6.45, 7) is 7.01. The van der Waals surface area contributed by atoms with Crippen LogP contribution in [0.5, 0.6) is 0 Å². The maximum absolute atomic E-state index is 13.2. The first-order valence-electron chi connectivity index (χ1n) is 8.89. The first-order chi connectivity index (χ1) is 11.1. The van der Waals surface area contributed by atoms with Crippen LogP contribution in [0.15, 0.2) is 16.8 Å². The second-order valence-electron chi connectivity index (χ2n) is 7.05. The van der Waals surface area contributed by atoms with Crippen LogP contribution in [0.4, 0.5) is 0 Å². The van der Waals surface area contributed by atoms with E-state index in [1.165, 1.54) is 31.2 Å². The van der Waals surface area contributed by atoms with Gasteiger partial charge in [-0.1, -0.05) is 12.8 Å². The monoisotopic (exact) mass is 335 g/mol. The van der Waals surface area contributed by atoms with E-state index in [2.05, 4.69) is 45.5 Å². The number of thiophene rings is 1. The van der Waals surface area contributed by atoms with Gasteiger partial charge in [0.15, 0.2) is 0 Å². The van der Waals surface area contributed by atoms with Crippen LogP contribution in [0.1, 0.15) is 38.2 Å². The predicted molar refractivity (Wildman–Crippen MR) is 95.7 cm³/mol. The first-order valence-corrected chi connectivity index (χ1v) is 9.83. The fourth-order valence-corrected chi connectivity index (χ4v) is 4.45. The molecule has 23 heavy (non-hydrogen) atoms. The number of hydrogen-bond donors (Lipinski definition) is 0. The van der Waals surface area contributed by atoms with Crippen LogP contribution in [0, 0.1) is 0 Å². The highest BCUT2D eigenvalue weighted by atomic mass is 32.1. The van der Waals surface area contributed by atoms with Crippen LogP contribution >= 0.6 is 11.3 Å². The average Bonchev–Trinajstić information content (AvgIpc) is 3.25. The Hall–Kier alpha value is -0.910. The Balaban J connectivity index is 1.68. The summed E-state index contributed by atoms with van der Waals surface area (Å²) < 4.78 is 0. The van der Waals surface area contributed by atoms with E-state index >= 15 is 0 Å². The van der Waals surface area contributed by atoms with Gasteiger partial charge in [-0.3, -0.25) is 9.69 Å². The number of piperazine rings is 1. The fraction of sp³-hybridized carbons (Fsp3) is 0.722. The fourth-order valence-electron chi connectivity index (χ4n) is 3.79. The molecule has 0 bridgehead atoms. The Morgan fingerprint density at radius 2 is 2.00 bits per heavy atom. The first kappa shape index (κ1) is 16.9. The molecule has 2 fully saturated rings. The summed E-state index contributed by atoms with van der Waals surface area (Å²) in [4.78, 5) is 20.1. The summed E-state index contributed by atoms with van der Waals surface area (Å²) in [6, 6.07) is 2.60. The lowest BCUT2D eigenvalue weighted by Crippen LogP contribution is -2.55. The summed E-state index contributed by atoms with van der Waals surface area (Å²) in [5.41, 5.74) is 1.28. The molecule has 128 valence electrons. The highest BCUT2D eigenvalue weighted by Gasteiger charge is 2.33. The van der Waals surface area contributed by atoms with E-state index in [1.54, 1.807) is 11.3 Å². The normalized spacial score (nSPS) is 22.3. The number of rotatable bonds is 5. The summed E-state index contributed by atoms with van der Waals surface area (Å²) in [7, 11) is 2.16. The van der Waals surface area contributed by atoms with Crippen LogP contribution in [0.25, 0.3) is 0 Å². The van der Waals surface area contributed by atoms with E-state index in [0.29, 0.717) is 11.9 Å². The van der Waals surface area contributed by atoms with Crippen LogP contribution in [0.2, 0.25) is 0 Å². The topological polar surface area (TPSA) is 26.8 Å². The molecule has 2 heterocycles. The molecule has 0 spiro atoms. The maximum atomic E-state index is 13.2. The standard InChI is InChI=1S/C18H29N3OS/c1-15(20-10-8-19(2)9-11-20)18(22)21(17-5-3-4-6-17)13-16-7-12-23-14-16/h7,12,14-15,17H,3-6,8-11,13H2,1-2H3. The van der Waals surface area contributed by atoms with Gasteiger partial charge in [0.1, 0.15) is 0 Å². The quantitative estimate of drug-likeness (QED) is 0.828. The molecule has 0 N–H and O–H groups in total. The second-order valence-corrected chi connectivity index (χ2v) is 7.83. The van der Waals surface area contributed by atoms with Gasteiger partial charge in [-0.15, -0.1) is 0 Å². The highest BCUT2D eigenvalue weighted by molar-refractivity contribution is 7.07. The number of hydrogen-bond acceptors (Lipinski definition) is 4. The molecule has 1 unspecified atom stereocenters. The van der Waals surface area contributed by atoms with Gasteiger partial charge < -0.3 is 9.80 Å². The van der Waals surface area contributed by atoms with E-state index in [0.717, 1.165) is 32.7 Å². The SMILES string of the molecule is CC(C(=O)N(Cc1ccsc1)C1CCCC1)N1CCN(C)CC1. The molecule has 0 radical (unpaired) electrons. The van der Waals surface area contributed by atoms with Crippen molar-refractivity contribution in [3.8, 4) is 0 Å². The van der Waals surface area contributed by atoms with E-state index in [-0.39, 0.29) is 6.04 Å². The van der Waals surface area contributed by atoms with Crippen molar-refractivity contribution >= 4 is 17.2 Å². The van der Waals surface area contributed by atoms with Crippen LogP contribution in [-0.4, -0.2) is 65.9 Å². The molecule has 1 aliphatic heterocycles. The van der Waals surface area contributed by atoms with Gasteiger partial charge in [0.2, 0.25) is 5.91 Å². The van der Waals surface area contributed by atoms with E-state index < -0.39 is 0 Å². The zero-order valence-corrected chi connectivity index (χ0v) is 15.2. The van der Waals surface area contributed by atoms with Crippen molar-refractivity contribution in [1.29, 1.82) is 0 Å². The molecule has 5 heteroatoms. The molecular formula is C18H29N3OS. The molecule has 1 aliphatic carbocycles. The van der Waals surface area contributed by atoms with Gasteiger partial charge in [0.25, 0.3) is 0 Å². The maximum Gasteiger partial charge on any atom is 0.240 e. The van der Waals surface area contributed by atoms with Gasteiger partial charge in [-0.25, -0.2) is 0 Å². The Labute approximate surface area is 144 Å². The van der Waals surface area contributed by atoms with Crippen molar-refractivity contribution in [3.05, 3.63) is 22.4 Å². The minimum Gasteiger partial charge on any atom is -0.334 e. The van der Waals surface area contributed by atoms with Gasteiger partial charge >= 0.3 is 0 Å². The molecule has 1 amide bonds. The van der Waals surface area contributed by atoms with E-state index in [4.69, 9.17) is 0 Å². The van der Waals surface area contributed by atoms with E-state index in [9.17, 15) is 4.79 Å². The zero-order chi connectivity index (χ0) is 16.2. The number of nitrogens with zero attached hydrogens (tertiary/aromatic N) is 3. The number of likely N-dealkylation sites (N-methyl/N-ethyl adjacent to an activating group) is 1. The third-order valence-electron chi connectivity index (χ3n) is 5.42. The molecule has 1 atom stereocenters. The number of amides is 1. The minimum absolute atomic E-state index is 0.00272. The Kier molecular flexibility index (Phi) is 5.72. The van der Waals surface area contributed by atoms with Gasteiger partial charge in [0.05, 0.1) is 6.04 Å². The molecular weight excluding hydrogens is 306 g/mol. The van der Waals surface area contributed by atoms with Crippen LogP contribution in [0.3, 0.4) is 0 Å². The second kappa shape index (κ2) is 7.77. The van der Waals surface area contributed by atoms with Gasteiger partial charge in [0, 0.05) is 38.8 Å². The molecule has 2 aliphatic rings. The van der Waals surface area contributed by atoms with Crippen molar-refractivity contribution in [2.45, 2.75) is 51.2 Å². The van der Waals surface area contributed by atoms with Crippen molar-refractivity contribution in [2.75, 3.05) is 33.2 Å². The third-order valence-corrected chi connectivity index (χ3v) is 6.16. The lowest BCUT2D eigenvalue weighted by molar-refractivity contribution is -0.140. The molecule has 1 saturated carbocycles. The highest BCUT2D eigenvalue weighted by Crippen LogP contribution is 2.27. The van der Waals surface area contributed by atoms with Gasteiger partial charge in [-0.05, 0) is 49.2 Å². The van der Waals surface area contributed by atoms with Crippen LogP contribution in [-0.2, 0) is 11.3 Å². The zero-order valence-electron chi connectivity index (χ0n) is 14.4. The molecule has 1 saturated heterocycles. The average molecular weight is 336 g/mol. The van der Waals surface area contributed by atoms with Crippen LogP contribution < -0.4 is 0 Å². The number of carbonyl (C=O) groups excluding carboxylic acids is 1. The summed E-state index contributed by atoms with van der Waals surface area (Å²) in [6.07, 6.45) is 4.87. The third kappa shape index (κ3) is 4.14. The Morgan fingerprint density at radius 3 is 2.61 bits per heavy atom. The summed E-state index contributed by atoms with van der Waals surface area (Å²) in [5.74, 6) is 0.327. The lowest BCUT2D eigenvalue weighted by Gasteiger charge is -2.39. The summed E-state index contributed by atoms with van der Waals surface area (Å²) >= 11 is 1.72. The molecule has 1 aromatic heterocycles. The summed E-state index contributed by atoms with van der Waals surface area (Å²) in [5, 5.41) is 4.28. The molecule has 4 nitrogen and oxygen atoms in total.